The summed E-state index contributed by atoms with van der Waals surface area (Å²) in [6, 6.07) is 0. The highest BCUT2D eigenvalue weighted by Crippen LogP contribution is 2.13. The van der Waals surface area contributed by atoms with Crippen LogP contribution in [0.2, 0.25) is 0 Å². The van der Waals surface area contributed by atoms with Crippen LogP contribution in [-0.2, 0) is 16.0 Å². The molecule has 0 unspecified atom stereocenters. The fourth-order valence-corrected chi connectivity index (χ4v) is 3.84. The van der Waals surface area contributed by atoms with Crippen LogP contribution in [0.3, 0.4) is 0 Å². The molecule has 1 aromatic rings. The van der Waals surface area contributed by atoms with Crippen molar-refractivity contribution >= 4 is 11.8 Å². The fraction of sp³-hybridized carbons (Fsp3) is 0.875. The van der Waals surface area contributed by atoms with Crippen LogP contribution < -0.4 is 11.1 Å². The minimum Gasteiger partial charge on any atom is -0.369 e. The summed E-state index contributed by atoms with van der Waals surface area (Å²) in [5.74, 6) is 0.737. The maximum Gasteiger partial charge on any atom is 0.220 e. The zero-order valence-electron chi connectivity index (χ0n) is 20.2. The monoisotopic (exact) mass is 450 g/mol. The third-order valence-electron chi connectivity index (χ3n) is 6.08. The lowest BCUT2D eigenvalue weighted by Crippen LogP contribution is -2.24. The second-order valence-corrected chi connectivity index (χ2v) is 9.09. The van der Waals surface area contributed by atoms with E-state index in [2.05, 4.69) is 25.9 Å². The summed E-state index contributed by atoms with van der Waals surface area (Å²) in [4.78, 5) is 22.8. The number of aromatic amines is 1. The summed E-state index contributed by atoms with van der Waals surface area (Å²) in [5.41, 5.74) is 5.24. The molecule has 0 saturated heterocycles. The number of aryl methyl sites for hydroxylation is 1. The number of hydrogen-bond donors (Lipinski definition) is 3. The van der Waals surface area contributed by atoms with Gasteiger partial charge in [-0.15, -0.1) is 5.10 Å². The molecule has 4 N–H and O–H groups in total. The summed E-state index contributed by atoms with van der Waals surface area (Å²) < 4.78 is 0. The maximum absolute atomic E-state index is 11.8. The number of tetrazole rings is 1. The van der Waals surface area contributed by atoms with Crippen molar-refractivity contribution in [1.29, 1.82) is 0 Å². The van der Waals surface area contributed by atoms with Gasteiger partial charge < -0.3 is 11.1 Å². The smallest absolute Gasteiger partial charge is 0.220 e. The maximum atomic E-state index is 11.8. The van der Waals surface area contributed by atoms with Gasteiger partial charge in [0.2, 0.25) is 11.8 Å². The molecule has 1 atom stereocenters. The number of amides is 2. The SMILES string of the molecule is C[C@@H](CCCCNC(=O)CCCCCCCCCCCCCCCc1nnn[nH]1)C(N)=O. The van der Waals surface area contributed by atoms with E-state index in [1.165, 1.54) is 64.2 Å². The largest absolute Gasteiger partial charge is 0.369 e. The number of unbranched alkanes of at least 4 members (excludes halogenated alkanes) is 13. The topological polar surface area (TPSA) is 127 Å². The normalized spacial score (nSPS) is 12.0. The Kier molecular flexibility index (Phi) is 17.2. The summed E-state index contributed by atoms with van der Waals surface area (Å²) in [7, 11) is 0. The third-order valence-corrected chi connectivity index (χ3v) is 6.08. The minimum absolute atomic E-state index is 0.0733. The molecular weight excluding hydrogens is 404 g/mol. The number of carbonyl (C=O) groups excluding carboxylic acids is 2. The molecule has 0 radical (unpaired) electrons. The van der Waals surface area contributed by atoms with Gasteiger partial charge in [0.25, 0.3) is 0 Å². The average molecular weight is 451 g/mol. The first kappa shape index (κ1) is 28.0. The van der Waals surface area contributed by atoms with Crippen molar-refractivity contribution in [2.24, 2.45) is 11.7 Å². The van der Waals surface area contributed by atoms with E-state index in [0.717, 1.165) is 50.8 Å². The number of nitrogens with zero attached hydrogens (tertiary/aromatic N) is 3. The number of nitrogens with one attached hydrogen (secondary N) is 2. The highest BCUT2D eigenvalue weighted by molar-refractivity contribution is 5.76. The molecule has 8 heteroatoms. The fourth-order valence-electron chi connectivity index (χ4n) is 3.84. The van der Waals surface area contributed by atoms with Crippen LogP contribution in [0, 0.1) is 5.92 Å². The van der Waals surface area contributed by atoms with E-state index < -0.39 is 0 Å². The molecular formula is C24H46N6O2. The summed E-state index contributed by atoms with van der Waals surface area (Å²) in [5, 5.41) is 16.9. The number of hydrogen-bond acceptors (Lipinski definition) is 5. The first-order valence-electron chi connectivity index (χ1n) is 12.9. The first-order valence-corrected chi connectivity index (χ1v) is 12.9. The number of aromatic nitrogens is 4. The number of H-pyrrole nitrogens is 1. The van der Waals surface area contributed by atoms with Crippen molar-refractivity contribution in [2.45, 2.75) is 122 Å². The molecule has 8 nitrogen and oxygen atoms in total. The van der Waals surface area contributed by atoms with Crippen molar-refractivity contribution in [3.63, 3.8) is 0 Å². The van der Waals surface area contributed by atoms with Crippen molar-refractivity contribution < 1.29 is 9.59 Å². The molecule has 0 aliphatic heterocycles. The Labute approximate surface area is 194 Å². The molecule has 184 valence electrons. The Balaban J connectivity index is 1.73. The van der Waals surface area contributed by atoms with Gasteiger partial charge in [-0.1, -0.05) is 84.0 Å². The Morgan fingerprint density at radius 1 is 0.844 bits per heavy atom. The van der Waals surface area contributed by atoms with Gasteiger partial charge in [-0.2, -0.15) is 0 Å². The van der Waals surface area contributed by atoms with Gasteiger partial charge in [-0.3, -0.25) is 9.59 Å². The van der Waals surface area contributed by atoms with Crippen molar-refractivity contribution in [3.8, 4) is 0 Å². The molecule has 1 heterocycles. The highest BCUT2D eigenvalue weighted by atomic mass is 16.2. The quantitative estimate of drug-likeness (QED) is 0.222. The summed E-state index contributed by atoms with van der Waals surface area (Å²) >= 11 is 0. The van der Waals surface area contributed by atoms with Gasteiger partial charge in [-0.25, -0.2) is 5.10 Å². The van der Waals surface area contributed by atoms with E-state index in [9.17, 15) is 9.59 Å². The van der Waals surface area contributed by atoms with Gasteiger partial charge in [0.15, 0.2) is 0 Å². The lowest BCUT2D eigenvalue weighted by atomic mass is 10.0. The highest BCUT2D eigenvalue weighted by Gasteiger charge is 2.07. The van der Waals surface area contributed by atoms with Gasteiger partial charge in [0, 0.05) is 25.3 Å². The molecule has 0 aliphatic carbocycles. The standard InChI is InChI=1S/C24H46N6O2/c1-21(24(25)32)17-15-16-20-26-23(31)19-14-12-10-8-6-4-2-3-5-7-9-11-13-18-22-27-29-30-28-22/h21H,2-20H2,1H3,(H2,25,32)(H,26,31)(H,27,28,29,30)/t21-/m0/s1. The van der Waals surface area contributed by atoms with Crippen molar-refractivity contribution in [1.82, 2.24) is 25.9 Å². The van der Waals surface area contributed by atoms with Crippen LogP contribution >= 0.6 is 0 Å². The zero-order chi connectivity index (χ0) is 23.3. The molecule has 2 amide bonds. The van der Waals surface area contributed by atoms with Crippen LogP contribution in [0.4, 0.5) is 0 Å². The molecule has 0 saturated carbocycles. The molecule has 0 fully saturated rings. The van der Waals surface area contributed by atoms with E-state index in [1.807, 2.05) is 6.92 Å². The van der Waals surface area contributed by atoms with E-state index in [-0.39, 0.29) is 17.7 Å². The number of rotatable bonds is 22. The van der Waals surface area contributed by atoms with Crippen molar-refractivity contribution in [2.75, 3.05) is 6.54 Å². The molecule has 0 spiro atoms. The van der Waals surface area contributed by atoms with Gasteiger partial charge in [-0.05, 0) is 36.1 Å². The van der Waals surface area contributed by atoms with E-state index >= 15 is 0 Å². The van der Waals surface area contributed by atoms with Crippen LogP contribution in [0.15, 0.2) is 0 Å². The summed E-state index contributed by atoms with van der Waals surface area (Å²) in [6.07, 6.45) is 20.7. The molecule has 32 heavy (non-hydrogen) atoms. The molecule has 1 rings (SSSR count). The Morgan fingerprint density at radius 3 is 1.94 bits per heavy atom. The minimum atomic E-state index is -0.241. The third kappa shape index (κ3) is 16.7. The van der Waals surface area contributed by atoms with E-state index in [0.29, 0.717) is 13.0 Å². The Morgan fingerprint density at radius 2 is 1.41 bits per heavy atom. The predicted octanol–water partition coefficient (Wildman–Crippen LogP) is 4.61. The molecule has 1 aromatic heterocycles. The van der Waals surface area contributed by atoms with Crippen LogP contribution in [0.1, 0.15) is 122 Å². The summed E-state index contributed by atoms with van der Waals surface area (Å²) in [6.45, 7) is 2.55. The lowest BCUT2D eigenvalue weighted by Gasteiger charge is -2.08. The van der Waals surface area contributed by atoms with Gasteiger partial charge in [0.1, 0.15) is 5.82 Å². The van der Waals surface area contributed by atoms with E-state index in [1.54, 1.807) is 0 Å². The second-order valence-electron chi connectivity index (χ2n) is 9.09. The van der Waals surface area contributed by atoms with Gasteiger partial charge >= 0.3 is 0 Å². The number of carbonyl (C=O) groups is 2. The number of primary amides is 1. The van der Waals surface area contributed by atoms with E-state index in [4.69, 9.17) is 5.73 Å². The van der Waals surface area contributed by atoms with Crippen LogP contribution in [-0.4, -0.2) is 39.0 Å². The molecule has 0 bridgehead atoms. The lowest BCUT2D eigenvalue weighted by molar-refractivity contribution is -0.122. The molecule has 0 aromatic carbocycles. The molecule has 0 aliphatic rings. The van der Waals surface area contributed by atoms with Gasteiger partial charge in [0.05, 0.1) is 0 Å². The van der Waals surface area contributed by atoms with Crippen LogP contribution in [0.25, 0.3) is 0 Å². The van der Waals surface area contributed by atoms with Crippen LogP contribution in [0.5, 0.6) is 0 Å². The number of nitrogens with two attached hydrogens (primary N) is 1. The van der Waals surface area contributed by atoms with Crippen molar-refractivity contribution in [3.05, 3.63) is 5.82 Å². The Hall–Kier alpha value is -1.99. The second kappa shape index (κ2) is 19.7. The zero-order valence-corrected chi connectivity index (χ0v) is 20.2. The predicted molar refractivity (Wildman–Crippen MR) is 128 cm³/mol. The Bertz CT molecular complexity index is 579. The first-order chi connectivity index (χ1) is 15.6. The average Bonchev–Trinajstić information content (AvgIpc) is 3.29.